The third-order valence-electron chi connectivity index (χ3n) is 4.55. The van der Waals surface area contributed by atoms with Crippen molar-refractivity contribution in [2.75, 3.05) is 19.6 Å². The molecule has 3 atom stereocenters. The van der Waals surface area contributed by atoms with E-state index in [0.29, 0.717) is 5.92 Å². The number of hydrogen-bond donors (Lipinski definition) is 1. The van der Waals surface area contributed by atoms with Gasteiger partial charge in [-0.1, -0.05) is 37.6 Å². The van der Waals surface area contributed by atoms with Crippen molar-refractivity contribution < 1.29 is 9.53 Å². The van der Waals surface area contributed by atoms with E-state index in [1.165, 1.54) is 5.56 Å². The standard InChI is InChI=1S/C18H25ClN2O2/c1-12(2)8-20-18(22)16-7-15-10-21(11-17(16)23-15)9-13-4-3-5-14(19)6-13/h3-6,12,15-17H,7-11H2,1-2H3,(H,20,22)/t15-,16+,17-/m0/s1. The van der Waals surface area contributed by atoms with Gasteiger partial charge in [0.2, 0.25) is 5.91 Å². The number of nitrogens with zero attached hydrogens (tertiary/aromatic N) is 1. The fraction of sp³-hybridized carbons (Fsp3) is 0.611. The SMILES string of the molecule is CC(C)CNC(=O)[C@@H]1C[C@H]2CN(Cc3cccc(Cl)c3)C[C@@H]1O2. The molecule has 2 fully saturated rings. The topological polar surface area (TPSA) is 41.6 Å². The number of likely N-dealkylation sites (tertiary alicyclic amines) is 1. The lowest BCUT2D eigenvalue weighted by Crippen LogP contribution is -2.45. The first-order chi connectivity index (χ1) is 11.0. The van der Waals surface area contributed by atoms with Gasteiger partial charge in [0, 0.05) is 31.2 Å². The van der Waals surface area contributed by atoms with Crippen molar-refractivity contribution in [3.63, 3.8) is 0 Å². The van der Waals surface area contributed by atoms with Crippen LogP contribution in [-0.2, 0) is 16.1 Å². The lowest BCUT2D eigenvalue weighted by atomic mass is 9.99. The number of benzene rings is 1. The summed E-state index contributed by atoms with van der Waals surface area (Å²) < 4.78 is 6.00. The summed E-state index contributed by atoms with van der Waals surface area (Å²) in [5.74, 6) is 0.610. The normalized spacial score (nSPS) is 27.4. The highest BCUT2D eigenvalue weighted by molar-refractivity contribution is 6.30. The number of morpholine rings is 1. The van der Waals surface area contributed by atoms with Crippen LogP contribution in [0.5, 0.6) is 0 Å². The Balaban J connectivity index is 1.58. The predicted molar refractivity (Wildman–Crippen MR) is 91.3 cm³/mol. The number of carbonyl (C=O) groups excluding carboxylic acids is 1. The maximum Gasteiger partial charge on any atom is 0.225 e. The van der Waals surface area contributed by atoms with Crippen molar-refractivity contribution in [3.8, 4) is 0 Å². The van der Waals surface area contributed by atoms with E-state index in [1.54, 1.807) is 0 Å². The Morgan fingerprint density at radius 3 is 3.00 bits per heavy atom. The van der Waals surface area contributed by atoms with E-state index in [4.69, 9.17) is 16.3 Å². The summed E-state index contributed by atoms with van der Waals surface area (Å²) in [6.45, 7) is 7.50. The number of nitrogens with one attached hydrogen (secondary N) is 1. The average molecular weight is 337 g/mol. The fourth-order valence-electron chi connectivity index (χ4n) is 3.47. The fourth-order valence-corrected chi connectivity index (χ4v) is 3.68. The van der Waals surface area contributed by atoms with Gasteiger partial charge in [-0.2, -0.15) is 0 Å². The van der Waals surface area contributed by atoms with E-state index in [-0.39, 0.29) is 24.0 Å². The van der Waals surface area contributed by atoms with Gasteiger partial charge in [-0.25, -0.2) is 0 Å². The number of rotatable bonds is 5. The van der Waals surface area contributed by atoms with Crippen LogP contribution >= 0.6 is 11.6 Å². The van der Waals surface area contributed by atoms with Gasteiger partial charge in [0.05, 0.1) is 18.1 Å². The minimum Gasteiger partial charge on any atom is -0.371 e. The monoisotopic (exact) mass is 336 g/mol. The molecule has 23 heavy (non-hydrogen) atoms. The van der Waals surface area contributed by atoms with Gasteiger partial charge in [0.15, 0.2) is 0 Å². The third kappa shape index (κ3) is 4.25. The zero-order valence-electron chi connectivity index (χ0n) is 13.8. The highest BCUT2D eigenvalue weighted by Crippen LogP contribution is 2.32. The second-order valence-electron chi connectivity index (χ2n) is 7.10. The summed E-state index contributed by atoms with van der Waals surface area (Å²) >= 11 is 6.06. The van der Waals surface area contributed by atoms with Crippen molar-refractivity contribution >= 4 is 17.5 Å². The first-order valence-electron chi connectivity index (χ1n) is 8.41. The molecule has 0 radical (unpaired) electrons. The predicted octanol–water partition coefficient (Wildman–Crippen LogP) is 2.70. The first-order valence-corrected chi connectivity index (χ1v) is 8.79. The molecule has 3 rings (SSSR count). The quantitative estimate of drug-likeness (QED) is 0.899. The molecule has 4 nitrogen and oxygen atoms in total. The molecule has 0 unspecified atom stereocenters. The Kier molecular flexibility index (Phi) is 5.24. The minimum absolute atomic E-state index is 0.0110. The van der Waals surface area contributed by atoms with Gasteiger partial charge in [0.25, 0.3) is 0 Å². The smallest absolute Gasteiger partial charge is 0.225 e. The van der Waals surface area contributed by atoms with Crippen LogP contribution in [-0.4, -0.2) is 42.6 Å². The Bertz CT molecular complexity index is 564. The third-order valence-corrected chi connectivity index (χ3v) is 4.78. The number of amides is 1. The van der Waals surface area contributed by atoms with Crippen LogP contribution in [0.2, 0.25) is 5.02 Å². The van der Waals surface area contributed by atoms with Crippen molar-refractivity contribution in [2.45, 2.75) is 39.0 Å². The molecule has 0 spiro atoms. The number of hydrogen-bond acceptors (Lipinski definition) is 3. The molecule has 1 aromatic rings. The molecule has 2 aliphatic heterocycles. The molecule has 126 valence electrons. The summed E-state index contributed by atoms with van der Waals surface area (Å²) in [5.41, 5.74) is 1.21. The molecule has 2 heterocycles. The molecule has 2 bridgehead atoms. The van der Waals surface area contributed by atoms with Crippen molar-refractivity contribution in [1.82, 2.24) is 10.2 Å². The van der Waals surface area contributed by atoms with Crippen LogP contribution in [0.4, 0.5) is 0 Å². The van der Waals surface area contributed by atoms with Crippen LogP contribution in [0.3, 0.4) is 0 Å². The molecule has 5 heteroatoms. The molecule has 0 saturated carbocycles. The van der Waals surface area contributed by atoms with Crippen molar-refractivity contribution in [3.05, 3.63) is 34.9 Å². The lowest BCUT2D eigenvalue weighted by molar-refractivity contribution is -0.128. The van der Waals surface area contributed by atoms with E-state index in [0.717, 1.165) is 37.6 Å². The van der Waals surface area contributed by atoms with Gasteiger partial charge in [-0.15, -0.1) is 0 Å². The highest BCUT2D eigenvalue weighted by Gasteiger charge is 2.44. The average Bonchev–Trinajstić information content (AvgIpc) is 2.79. The Morgan fingerprint density at radius 2 is 2.26 bits per heavy atom. The number of fused-ring (bicyclic) bond motifs is 2. The van der Waals surface area contributed by atoms with Crippen LogP contribution in [0.15, 0.2) is 24.3 Å². The van der Waals surface area contributed by atoms with E-state index in [9.17, 15) is 4.79 Å². The van der Waals surface area contributed by atoms with Crippen LogP contribution in [0, 0.1) is 11.8 Å². The molecule has 0 aliphatic carbocycles. The maximum atomic E-state index is 12.4. The molecule has 1 amide bonds. The van der Waals surface area contributed by atoms with Gasteiger partial charge >= 0.3 is 0 Å². The van der Waals surface area contributed by atoms with Crippen LogP contribution in [0.25, 0.3) is 0 Å². The summed E-state index contributed by atoms with van der Waals surface area (Å²) in [7, 11) is 0. The summed E-state index contributed by atoms with van der Waals surface area (Å²) in [6.07, 6.45) is 1.02. The van der Waals surface area contributed by atoms with Crippen molar-refractivity contribution in [1.29, 1.82) is 0 Å². The highest BCUT2D eigenvalue weighted by atomic mass is 35.5. The second-order valence-corrected chi connectivity index (χ2v) is 7.54. The van der Waals surface area contributed by atoms with E-state index >= 15 is 0 Å². The largest absolute Gasteiger partial charge is 0.371 e. The summed E-state index contributed by atoms with van der Waals surface area (Å²) in [5, 5.41) is 3.82. The molecular weight excluding hydrogens is 312 g/mol. The Morgan fingerprint density at radius 1 is 1.43 bits per heavy atom. The van der Waals surface area contributed by atoms with E-state index in [2.05, 4.69) is 30.1 Å². The summed E-state index contributed by atoms with van der Waals surface area (Å²) in [4.78, 5) is 14.8. The van der Waals surface area contributed by atoms with Gasteiger partial charge in [-0.05, 0) is 30.0 Å². The minimum atomic E-state index is -0.0110. The van der Waals surface area contributed by atoms with E-state index < -0.39 is 0 Å². The molecule has 0 aromatic heterocycles. The van der Waals surface area contributed by atoms with Gasteiger partial charge in [0.1, 0.15) is 0 Å². The Hall–Kier alpha value is -1.10. The number of halogens is 1. The molecule has 1 N–H and O–H groups in total. The zero-order valence-corrected chi connectivity index (χ0v) is 14.6. The molecule has 2 aliphatic rings. The lowest BCUT2D eigenvalue weighted by Gasteiger charge is -2.32. The van der Waals surface area contributed by atoms with Gasteiger partial charge < -0.3 is 10.1 Å². The number of ether oxygens (including phenoxy) is 1. The second kappa shape index (κ2) is 7.20. The number of carbonyl (C=O) groups is 1. The maximum absolute atomic E-state index is 12.4. The Labute approximate surface area is 143 Å². The van der Waals surface area contributed by atoms with E-state index in [1.807, 2.05) is 18.2 Å². The van der Waals surface area contributed by atoms with Crippen LogP contribution in [0.1, 0.15) is 25.8 Å². The molecular formula is C18H25ClN2O2. The summed E-state index contributed by atoms with van der Waals surface area (Å²) in [6, 6.07) is 7.97. The van der Waals surface area contributed by atoms with Crippen molar-refractivity contribution in [2.24, 2.45) is 11.8 Å². The first kappa shape index (κ1) is 16.7. The zero-order chi connectivity index (χ0) is 16.4. The molecule has 2 saturated heterocycles. The van der Waals surface area contributed by atoms with Crippen LogP contribution < -0.4 is 5.32 Å². The van der Waals surface area contributed by atoms with Gasteiger partial charge in [-0.3, -0.25) is 9.69 Å². The molecule has 1 aromatic carbocycles.